The second-order valence-corrected chi connectivity index (χ2v) is 5.26. The number of hydrogen-bond acceptors (Lipinski definition) is 3. The monoisotopic (exact) mass is 294 g/mol. The first-order valence-corrected chi connectivity index (χ1v) is 7.03. The highest BCUT2D eigenvalue weighted by atomic mass is 19.1. The van der Waals surface area contributed by atoms with Crippen molar-refractivity contribution in [2.45, 2.75) is 25.3 Å². The Morgan fingerprint density at radius 3 is 2.52 bits per heavy atom. The predicted octanol–water partition coefficient (Wildman–Crippen LogP) is 0.937. The molecule has 1 atom stereocenters. The Kier molecular flexibility index (Phi) is 5.27. The van der Waals surface area contributed by atoms with Gasteiger partial charge in [-0.05, 0) is 42.9 Å². The van der Waals surface area contributed by atoms with E-state index < -0.39 is 12.0 Å². The molecule has 0 aromatic heterocycles. The molecule has 0 bridgehead atoms. The molecule has 0 heterocycles. The third kappa shape index (κ3) is 5.15. The summed E-state index contributed by atoms with van der Waals surface area (Å²) in [7, 11) is 0. The SMILES string of the molecule is O=C(CNC(C(=O)O)C1CC1)NCCc1ccc(F)cc1. The fourth-order valence-electron chi connectivity index (χ4n) is 2.15. The summed E-state index contributed by atoms with van der Waals surface area (Å²) in [5.74, 6) is -1.28. The summed E-state index contributed by atoms with van der Waals surface area (Å²) in [6.45, 7) is 0.435. The lowest BCUT2D eigenvalue weighted by molar-refractivity contribution is -0.140. The summed E-state index contributed by atoms with van der Waals surface area (Å²) in [6, 6.07) is 5.48. The van der Waals surface area contributed by atoms with Gasteiger partial charge in [0.05, 0.1) is 6.54 Å². The van der Waals surface area contributed by atoms with Crippen LogP contribution < -0.4 is 10.6 Å². The van der Waals surface area contributed by atoms with E-state index in [4.69, 9.17) is 5.11 Å². The van der Waals surface area contributed by atoms with Crippen LogP contribution in [0.1, 0.15) is 18.4 Å². The Morgan fingerprint density at radius 2 is 1.95 bits per heavy atom. The van der Waals surface area contributed by atoms with Crippen LogP contribution >= 0.6 is 0 Å². The van der Waals surface area contributed by atoms with Gasteiger partial charge in [0.15, 0.2) is 0 Å². The fourth-order valence-corrected chi connectivity index (χ4v) is 2.15. The van der Waals surface area contributed by atoms with Gasteiger partial charge in [-0.1, -0.05) is 12.1 Å². The van der Waals surface area contributed by atoms with Crippen LogP contribution in [0.5, 0.6) is 0 Å². The average molecular weight is 294 g/mol. The molecule has 3 N–H and O–H groups in total. The second kappa shape index (κ2) is 7.17. The normalized spacial score (nSPS) is 15.5. The van der Waals surface area contributed by atoms with Crippen molar-refractivity contribution >= 4 is 11.9 Å². The van der Waals surface area contributed by atoms with Gasteiger partial charge in [0.1, 0.15) is 11.9 Å². The van der Waals surface area contributed by atoms with E-state index in [1.54, 1.807) is 12.1 Å². The number of rotatable bonds is 8. The Hall–Kier alpha value is -1.95. The van der Waals surface area contributed by atoms with E-state index in [2.05, 4.69) is 10.6 Å². The minimum Gasteiger partial charge on any atom is -0.480 e. The number of amides is 1. The number of carbonyl (C=O) groups excluding carboxylic acids is 1. The lowest BCUT2D eigenvalue weighted by atomic mass is 10.1. The van der Waals surface area contributed by atoms with Crippen molar-refractivity contribution in [1.29, 1.82) is 0 Å². The quantitative estimate of drug-likeness (QED) is 0.667. The molecule has 1 fully saturated rings. The molecule has 0 aliphatic heterocycles. The zero-order chi connectivity index (χ0) is 15.2. The van der Waals surface area contributed by atoms with E-state index in [-0.39, 0.29) is 24.2 Å². The molecule has 1 amide bonds. The summed E-state index contributed by atoms with van der Waals surface area (Å²) in [6.07, 6.45) is 2.41. The van der Waals surface area contributed by atoms with Crippen LogP contribution in [0.25, 0.3) is 0 Å². The molecule has 114 valence electrons. The van der Waals surface area contributed by atoms with Gasteiger partial charge in [0, 0.05) is 6.54 Å². The number of aliphatic carboxylic acids is 1. The van der Waals surface area contributed by atoms with Gasteiger partial charge in [-0.3, -0.25) is 14.9 Å². The predicted molar refractivity (Wildman–Crippen MR) is 75.3 cm³/mol. The zero-order valence-corrected chi connectivity index (χ0v) is 11.6. The Labute approximate surface area is 122 Å². The molecule has 0 spiro atoms. The van der Waals surface area contributed by atoms with Gasteiger partial charge < -0.3 is 10.4 Å². The maximum Gasteiger partial charge on any atom is 0.320 e. The molecule has 5 nitrogen and oxygen atoms in total. The summed E-state index contributed by atoms with van der Waals surface area (Å²) in [4.78, 5) is 22.6. The molecule has 1 aliphatic carbocycles. The Balaban J connectivity index is 1.65. The number of hydrogen-bond donors (Lipinski definition) is 3. The van der Waals surface area contributed by atoms with Crippen molar-refractivity contribution in [1.82, 2.24) is 10.6 Å². The number of carbonyl (C=O) groups is 2. The van der Waals surface area contributed by atoms with Crippen LogP contribution in [0, 0.1) is 11.7 Å². The van der Waals surface area contributed by atoms with Crippen LogP contribution in [0.2, 0.25) is 0 Å². The third-order valence-corrected chi connectivity index (χ3v) is 3.49. The average Bonchev–Trinajstić information content (AvgIpc) is 3.25. The summed E-state index contributed by atoms with van der Waals surface area (Å²) < 4.78 is 12.7. The molecule has 0 saturated heterocycles. The first kappa shape index (κ1) is 15.4. The first-order valence-electron chi connectivity index (χ1n) is 7.03. The van der Waals surface area contributed by atoms with Gasteiger partial charge in [-0.2, -0.15) is 0 Å². The molecule has 21 heavy (non-hydrogen) atoms. The molecule has 1 unspecified atom stereocenters. The number of benzene rings is 1. The van der Waals surface area contributed by atoms with E-state index in [1.807, 2.05) is 0 Å². The van der Waals surface area contributed by atoms with Gasteiger partial charge in [-0.15, -0.1) is 0 Å². The molecular weight excluding hydrogens is 275 g/mol. The lowest BCUT2D eigenvalue weighted by Gasteiger charge is -2.13. The highest BCUT2D eigenvalue weighted by Crippen LogP contribution is 2.32. The van der Waals surface area contributed by atoms with Gasteiger partial charge in [0.2, 0.25) is 5.91 Å². The van der Waals surface area contributed by atoms with Crippen molar-refractivity contribution in [3.05, 3.63) is 35.6 Å². The molecule has 1 saturated carbocycles. The molecule has 0 radical (unpaired) electrons. The van der Waals surface area contributed by atoms with E-state index in [0.717, 1.165) is 18.4 Å². The fraction of sp³-hybridized carbons (Fsp3) is 0.467. The van der Waals surface area contributed by atoms with Gasteiger partial charge in [-0.25, -0.2) is 4.39 Å². The van der Waals surface area contributed by atoms with Gasteiger partial charge >= 0.3 is 5.97 Å². The maximum absolute atomic E-state index is 12.7. The number of carboxylic acids is 1. The molecule has 6 heteroatoms. The van der Waals surface area contributed by atoms with E-state index in [0.29, 0.717) is 13.0 Å². The highest BCUT2D eigenvalue weighted by Gasteiger charge is 2.36. The minimum absolute atomic E-state index is 0.00309. The zero-order valence-electron chi connectivity index (χ0n) is 11.6. The summed E-state index contributed by atoms with van der Waals surface area (Å²) >= 11 is 0. The molecule has 2 rings (SSSR count). The third-order valence-electron chi connectivity index (χ3n) is 3.49. The van der Waals surface area contributed by atoms with E-state index in [9.17, 15) is 14.0 Å². The second-order valence-electron chi connectivity index (χ2n) is 5.26. The number of carboxylic acid groups (broad SMARTS) is 1. The van der Waals surface area contributed by atoms with Crippen LogP contribution in [-0.4, -0.2) is 36.1 Å². The largest absolute Gasteiger partial charge is 0.480 e. The topological polar surface area (TPSA) is 78.4 Å². The smallest absolute Gasteiger partial charge is 0.320 e. The van der Waals surface area contributed by atoms with Crippen molar-refractivity contribution in [2.75, 3.05) is 13.1 Å². The molecule has 1 aromatic carbocycles. The van der Waals surface area contributed by atoms with E-state index in [1.165, 1.54) is 12.1 Å². The maximum atomic E-state index is 12.7. The lowest BCUT2D eigenvalue weighted by Crippen LogP contribution is -2.44. The summed E-state index contributed by atoms with van der Waals surface area (Å²) in [5, 5.41) is 14.5. The van der Waals surface area contributed by atoms with Gasteiger partial charge in [0.25, 0.3) is 0 Å². The van der Waals surface area contributed by atoms with Crippen molar-refractivity contribution < 1.29 is 19.1 Å². The number of nitrogens with one attached hydrogen (secondary N) is 2. The van der Waals surface area contributed by atoms with E-state index >= 15 is 0 Å². The summed E-state index contributed by atoms with van der Waals surface area (Å²) in [5.41, 5.74) is 0.936. The van der Waals surface area contributed by atoms with Crippen LogP contribution in [-0.2, 0) is 16.0 Å². The molecule has 1 aromatic rings. The standard InChI is InChI=1S/C15H19FN2O3/c16-12-5-1-10(2-6-12)7-8-17-13(19)9-18-14(15(20)21)11-3-4-11/h1-2,5-6,11,14,18H,3-4,7-9H2,(H,17,19)(H,20,21). The molecular formula is C15H19FN2O3. The van der Waals surface area contributed by atoms with Crippen LogP contribution in [0.15, 0.2) is 24.3 Å². The Morgan fingerprint density at radius 1 is 1.29 bits per heavy atom. The minimum atomic E-state index is -0.906. The molecule has 1 aliphatic rings. The van der Waals surface area contributed by atoms with Crippen LogP contribution in [0.3, 0.4) is 0 Å². The highest BCUT2D eigenvalue weighted by molar-refractivity contribution is 5.80. The van der Waals surface area contributed by atoms with Crippen molar-refractivity contribution in [3.8, 4) is 0 Å². The van der Waals surface area contributed by atoms with Crippen LogP contribution in [0.4, 0.5) is 4.39 Å². The first-order chi connectivity index (χ1) is 10.1. The Bertz CT molecular complexity index is 500. The number of halogens is 1. The van der Waals surface area contributed by atoms with Crippen molar-refractivity contribution in [3.63, 3.8) is 0 Å². The van der Waals surface area contributed by atoms with Crippen molar-refractivity contribution in [2.24, 2.45) is 5.92 Å².